The van der Waals surface area contributed by atoms with Gasteiger partial charge in [-0.15, -0.1) is 0 Å². The Morgan fingerprint density at radius 2 is 1.75 bits per heavy atom. The van der Waals surface area contributed by atoms with Crippen LogP contribution in [0.4, 0.5) is 19.1 Å². The summed E-state index contributed by atoms with van der Waals surface area (Å²) in [7, 11) is 1.54. The van der Waals surface area contributed by atoms with Crippen molar-refractivity contribution >= 4 is 16.9 Å². The maximum absolute atomic E-state index is 13.7. The second-order valence-corrected chi connectivity index (χ2v) is 7.74. The third kappa shape index (κ3) is 4.60. The third-order valence-electron chi connectivity index (χ3n) is 5.40. The third-order valence-corrected chi connectivity index (χ3v) is 5.40. The molecule has 5 aromatic rings. The van der Waals surface area contributed by atoms with Crippen LogP contribution in [0.25, 0.3) is 39.1 Å². The molecule has 0 bridgehead atoms. The van der Waals surface area contributed by atoms with Gasteiger partial charge < -0.3 is 10.1 Å². The lowest BCUT2D eigenvalue weighted by Crippen LogP contribution is -2.23. The Morgan fingerprint density at radius 1 is 1.03 bits per heavy atom. The van der Waals surface area contributed by atoms with E-state index in [1.807, 2.05) is 0 Å². The van der Waals surface area contributed by atoms with Gasteiger partial charge in [-0.3, -0.25) is 14.5 Å². The standard InChI is InChI=1S/C24H18F3N7O2/c1-36-18-8-6-17(7-9-18)34-11-16-10-28-23(29-12-24(25,26)27)32-20(16)19(22(34)35)14-2-4-15(5-3-14)21-30-13-31-33-21/h2-11,13H,12H2,1H3,(H,29,32)(H,30,31,33). The molecule has 0 aliphatic heterocycles. The van der Waals surface area contributed by atoms with Crippen molar-refractivity contribution in [2.24, 2.45) is 0 Å². The molecule has 0 saturated carbocycles. The number of benzene rings is 2. The van der Waals surface area contributed by atoms with Gasteiger partial charge in [0.05, 0.1) is 18.2 Å². The number of fused-ring (bicyclic) bond motifs is 1. The van der Waals surface area contributed by atoms with E-state index in [1.165, 1.54) is 17.1 Å². The first kappa shape index (κ1) is 23.0. The van der Waals surface area contributed by atoms with Crippen molar-refractivity contribution in [2.45, 2.75) is 6.18 Å². The summed E-state index contributed by atoms with van der Waals surface area (Å²) in [6.45, 7) is -1.30. The van der Waals surface area contributed by atoms with E-state index in [4.69, 9.17) is 4.74 Å². The number of alkyl halides is 3. The summed E-state index contributed by atoms with van der Waals surface area (Å²) in [5.74, 6) is 0.871. The number of rotatable bonds is 6. The second kappa shape index (κ2) is 9.13. The first-order valence-electron chi connectivity index (χ1n) is 10.7. The van der Waals surface area contributed by atoms with Crippen LogP contribution in [-0.4, -0.2) is 49.5 Å². The number of nitrogens with one attached hydrogen (secondary N) is 2. The summed E-state index contributed by atoms with van der Waals surface area (Å²) in [5.41, 5.74) is 1.84. The van der Waals surface area contributed by atoms with Gasteiger partial charge in [0, 0.05) is 29.0 Å². The maximum Gasteiger partial charge on any atom is 0.405 e. The fourth-order valence-corrected chi connectivity index (χ4v) is 3.70. The van der Waals surface area contributed by atoms with E-state index in [1.54, 1.807) is 61.8 Å². The van der Waals surface area contributed by atoms with E-state index in [-0.39, 0.29) is 17.0 Å². The van der Waals surface area contributed by atoms with E-state index in [2.05, 4.69) is 30.5 Å². The molecule has 36 heavy (non-hydrogen) atoms. The van der Waals surface area contributed by atoms with Crippen molar-refractivity contribution in [1.29, 1.82) is 0 Å². The number of methoxy groups -OCH3 is 1. The average molecular weight is 493 g/mol. The average Bonchev–Trinajstić information content (AvgIpc) is 3.42. The molecule has 12 heteroatoms. The van der Waals surface area contributed by atoms with Crippen molar-refractivity contribution in [3.05, 3.63) is 77.6 Å². The molecule has 3 aromatic heterocycles. The molecule has 182 valence electrons. The number of anilines is 1. The fraction of sp³-hybridized carbons (Fsp3) is 0.125. The van der Waals surface area contributed by atoms with Crippen LogP contribution < -0.4 is 15.6 Å². The van der Waals surface area contributed by atoms with Gasteiger partial charge in [0.1, 0.15) is 18.6 Å². The fourth-order valence-electron chi connectivity index (χ4n) is 3.70. The molecule has 0 unspecified atom stereocenters. The van der Waals surface area contributed by atoms with Crippen molar-refractivity contribution in [3.63, 3.8) is 0 Å². The van der Waals surface area contributed by atoms with Crippen LogP contribution in [0.3, 0.4) is 0 Å². The van der Waals surface area contributed by atoms with Gasteiger partial charge in [-0.2, -0.15) is 18.3 Å². The minimum atomic E-state index is -4.45. The van der Waals surface area contributed by atoms with E-state index in [9.17, 15) is 18.0 Å². The van der Waals surface area contributed by atoms with Crippen LogP contribution in [0.15, 0.2) is 72.0 Å². The lowest BCUT2D eigenvalue weighted by atomic mass is 10.0. The number of hydrogen-bond acceptors (Lipinski definition) is 7. The minimum absolute atomic E-state index is 0.210. The largest absolute Gasteiger partial charge is 0.497 e. The summed E-state index contributed by atoms with van der Waals surface area (Å²) in [4.78, 5) is 26.1. The zero-order valence-electron chi connectivity index (χ0n) is 18.7. The molecule has 0 atom stereocenters. The van der Waals surface area contributed by atoms with Gasteiger partial charge in [-0.05, 0) is 29.8 Å². The number of aromatic amines is 1. The molecular weight excluding hydrogens is 475 g/mol. The molecule has 0 saturated heterocycles. The lowest BCUT2D eigenvalue weighted by molar-refractivity contribution is -0.115. The quantitative estimate of drug-likeness (QED) is 0.365. The molecular formula is C24H18F3N7O2. The molecule has 0 amide bonds. The van der Waals surface area contributed by atoms with Gasteiger partial charge >= 0.3 is 6.18 Å². The zero-order valence-corrected chi connectivity index (χ0v) is 18.7. The number of pyridine rings is 1. The highest BCUT2D eigenvalue weighted by molar-refractivity contribution is 5.93. The predicted octanol–water partition coefficient (Wildman–Crippen LogP) is 4.22. The van der Waals surface area contributed by atoms with Gasteiger partial charge in [-0.25, -0.2) is 15.0 Å². The van der Waals surface area contributed by atoms with Crippen LogP contribution in [0.5, 0.6) is 5.75 Å². The lowest BCUT2D eigenvalue weighted by Gasteiger charge is -2.14. The molecule has 2 aromatic carbocycles. The van der Waals surface area contributed by atoms with Crippen LogP contribution in [0.2, 0.25) is 0 Å². The molecule has 0 fully saturated rings. The normalized spacial score (nSPS) is 11.6. The summed E-state index contributed by atoms with van der Waals surface area (Å²) >= 11 is 0. The highest BCUT2D eigenvalue weighted by Gasteiger charge is 2.27. The van der Waals surface area contributed by atoms with Crippen LogP contribution >= 0.6 is 0 Å². The summed E-state index contributed by atoms with van der Waals surface area (Å²) in [6, 6.07) is 13.8. The molecule has 0 aliphatic carbocycles. The summed E-state index contributed by atoms with van der Waals surface area (Å²) in [5, 5.41) is 9.33. The molecule has 0 spiro atoms. The minimum Gasteiger partial charge on any atom is -0.497 e. The van der Waals surface area contributed by atoms with Gasteiger partial charge in [-0.1, -0.05) is 24.3 Å². The maximum atomic E-state index is 13.7. The molecule has 9 nitrogen and oxygen atoms in total. The van der Waals surface area contributed by atoms with Crippen molar-refractivity contribution < 1.29 is 17.9 Å². The number of halogens is 3. The van der Waals surface area contributed by atoms with Gasteiger partial charge in [0.2, 0.25) is 5.95 Å². The number of hydrogen-bond donors (Lipinski definition) is 2. The monoisotopic (exact) mass is 493 g/mol. The highest BCUT2D eigenvalue weighted by atomic mass is 19.4. The molecule has 0 radical (unpaired) electrons. The Bertz CT molecular complexity index is 1560. The molecule has 3 heterocycles. The summed E-state index contributed by atoms with van der Waals surface area (Å²) in [6.07, 6.45) is -0.0620. The Labute approximate surface area is 201 Å². The highest BCUT2D eigenvalue weighted by Crippen LogP contribution is 2.28. The first-order valence-corrected chi connectivity index (χ1v) is 10.7. The second-order valence-electron chi connectivity index (χ2n) is 7.74. The topological polar surface area (TPSA) is 111 Å². The number of aromatic nitrogens is 6. The number of nitrogens with zero attached hydrogens (tertiary/aromatic N) is 5. The van der Waals surface area contributed by atoms with Crippen molar-refractivity contribution in [1.82, 2.24) is 29.7 Å². The Balaban J connectivity index is 1.68. The number of H-pyrrole nitrogens is 1. The predicted molar refractivity (Wildman–Crippen MR) is 127 cm³/mol. The van der Waals surface area contributed by atoms with Crippen LogP contribution in [0.1, 0.15) is 0 Å². The molecule has 5 rings (SSSR count). The summed E-state index contributed by atoms with van der Waals surface area (Å²) < 4.78 is 44.8. The van der Waals surface area contributed by atoms with Gasteiger partial charge in [0.15, 0.2) is 5.82 Å². The smallest absolute Gasteiger partial charge is 0.405 e. The Morgan fingerprint density at radius 3 is 2.39 bits per heavy atom. The van der Waals surface area contributed by atoms with Crippen LogP contribution in [0, 0.1) is 0 Å². The van der Waals surface area contributed by atoms with Crippen molar-refractivity contribution in [3.8, 4) is 34.0 Å². The van der Waals surface area contributed by atoms with E-state index >= 15 is 0 Å². The SMILES string of the molecule is COc1ccc(-n2cc3cnc(NCC(F)(F)F)nc3c(-c3ccc(-c4nc[nH]n4)cc3)c2=O)cc1. The molecule has 2 N–H and O–H groups in total. The Kier molecular flexibility index (Phi) is 5.84. The van der Waals surface area contributed by atoms with Gasteiger partial charge in [0.25, 0.3) is 5.56 Å². The zero-order chi connectivity index (χ0) is 25.3. The number of ether oxygens (including phenoxy) is 1. The van der Waals surface area contributed by atoms with E-state index in [0.29, 0.717) is 28.2 Å². The Hall–Kier alpha value is -4.74. The molecule has 0 aliphatic rings. The van der Waals surface area contributed by atoms with Crippen molar-refractivity contribution in [2.75, 3.05) is 19.0 Å². The first-order chi connectivity index (χ1) is 17.3. The van der Waals surface area contributed by atoms with E-state index in [0.717, 1.165) is 5.56 Å². The van der Waals surface area contributed by atoms with Crippen LogP contribution in [-0.2, 0) is 0 Å². The van der Waals surface area contributed by atoms with E-state index < -0.39 is 18.3 Å².